The number of rotatable bonds is 10. The van der Waals surface area contributed by atoms with Crippen molar-refractivity contribution in [3.8, 4) is 11.3 Å². The van der Waals surface area contributed by atoms with Crippen LogP contribution < -0.4 is 10.6 Å². The Hall–Kier alpha value is -4.44. The first kappa shape index (κ1) is 26.2. The highest BCUT2D eigenvalue weighted by atomic mass is 32.1. The first-order valence-electron chi connectivity index (χ1n) is 12.5. The number of benzene rings is 3. The lowest BCUT2D eigenvalue weighted by Gasteiger charge is -2.16. The normalized spacial score (nSPS) is 11.8. The fraction of sp³-hybridized carbons (Fsp3) is 0.172. The summed E-state index contributed by atoms with van der Waals surface area (Å²) in [6, 6.07) is 17.1. The van der Waals surface area contributed by atoms with Gasteiger partial charge in [-0.25, -0.2) is 13.8 Å². The van der Waals surface area contributed by atoms with Crippen molar-refractivity contribution in [2.75, 3.05) is 6.54 Å². The second-order valence-electron chi connectivity index (χ2n) is 8.98. The van der Waals surface area contributed by atoms with E-state index in [9.17, 15) is 18.4 Å². The van der Waals surface area contributed by atoms with Crippen LogP contribution in [0.3, 0.4) is 0 Å². The first-order chi connectivity index (χ1) is 19.0. The summed E-state index contributed by atoms with van der Waals surface area (Å²) in [6.07, 6.45) is 4.93. The van der Waals surface area contributed by atoms with Gasteiger partial charge >= 0.3 is 0 Å². The molecule has 2 heterocycles. The molecule has 3 N–H and O–H groups in total. The van der Waals surface area contributed by atoms with Crippen molar-refractivity contribution in [2.24, 2.45) is 0 Å². The topological polar surface area (TPSA) is 99.8 Å². The molecule has 0 aliphatic carbocycles. The number of H-pyrrole nitrogens is 1. The highest BCUT2D eigenvalue weighted by Gasteiger charge is 2.20. The van der Waals surface area contributed by atoms with E-state index in [1.165, 1.54) is 23.6 Å². The molecule has 2 amide bonds. The van der Waals surface area contributed by atoms with E-state index in [1.54, 1.807) is 11.7 Å². The van der Waals surface area contributed by atoms with E-state index >= 15 is 0 Å². The summed E-state index contributed by atoms with van der Waals surface area (Å²) in [5.41, 5.74) is 2.80. The lowest BCUT2D eigenvalue weighted by atomic mass is 10.1. The Kier molecular flexibility index (Phi) is 8.02. The molecule has 0 saturated carbocycles. The van der Waals surface area contributed by atoms with E-state index < -0.39 is 29.1 Å². The standard InChI is InChI=1S/C29H25F2N5O2S/c30-21-8-5-9-22(31)26(21)29(38)33-13-4-3-10-23(36-28(37)25-16-32-17-39-25)27-34-15-24(35-27)20-12-11-18-6-1-2-7-19(18)14-20/h1-2,5-9,11-12,14-17,23H,3-4,10,13H2,(H,33,38)(H,34,35)(H,36,37)/t23-/m0/s1. The van der Waals surface area contributed by atoms with E-state index in [0.717, 1.165) is 34.2 Å². The highest BCUT2D eigenvalue weighted by Crippen LogP contribution is 2.26. The average Bonchev–Trinajstić information content (AvgIpc) is 3.65. The number of hydrogen-bond acceptors (Lipinski definition) is 5. The van der Waals surface area contributed by atoms with Gasteiger partial charge in [-0.2, -0.15) is 0 Å². The van der Waals surface area contributed by atoms with Crippen LogP contribution in [0.2, 0.25) is 0 Å². The van der Waals surface area contributed by atoms with Gasteiger partial charge in [0.2, 0.25) is 0 Å². The molecule has 3 aromatic carbocycles. The zero-order valence-corrected chi connectivity index (χ0v) is 21.6. The van der Waals surface area contributed by atoms with Gasteiger partial charge in [-0.05, 0) is 48.2 Å². The molecule has 39 heavy (non-hydrogen) atoms. The molecule has 5 aromatic rings. The summed E-state index contributed by atoms with van der Waals surface area (Å²) < 4.78 is 27.7. The van der Waals surface area contributed by atoms with Crippen molar-refractivity contribution in [2.45, 2.75) is 25.3 Å². The Morgan fingerprint density at radius 1 is 0.923 bits per heavy atom. The third kappa shape index (κ3) is 6.18. The first-order valence-corrected chi connectivity index (χ1v) is 13.3. The summed E-state index contributed by atoms with van der Waals surface area (Å²) in [4.78, 5) is 37.4. The van der Waals surface area contributed by atoms with Crippen molar-refractivity contribution in [1.82, 2.24) is 25.6 Å². The smallest absolute Gasteiger partial charge is 0.263 e. The molecule has 1 atom stereocenters. The molecule has 2 aromatic heterocycles. The van der Waals surface area contributed by atoms with Gasteiger partial charge in [-0.1, -0.05) is 42.5 Å². The van der Waals surface area contributed by atoms with Crippen LogP contribution in [-0.4, -0.2) is 33.3 Å². The summed E-state index contributed by atoms with van der Waals surface area (Å²) in [7, 11) is 0. The van der Waals surface area contributed by atoms with Crippen LogP contribution in [-0.2, 0) is 0 Å². The summed E-state index contributed by atoms with van der Waals surface area (Å²) in [5, 5.41) is 7.83. The van der Waals surface area contributed by atoms with Gasteiger partial charge in [-0.15, -0.1) is 11.3 Å². The Balaban J connectivity index is 1.25. The number of amides is 2. The number of carbonyl (C=O) groups excluding carboxylic acids is 2. The molecular formula is C29H25F2N5O2S. The minimum absolute atomic E-state index is 0.225. The van der Waals surface area contributed by atoms with Crippen LogP contribution in [0.1, 0.15) is 51.2 Å². The van der Waals surface area contributed by atoms with Gasteiger partial charge in [-0.3, -0.25) is 14.6 Å². The van der Waals surface area contributed by atoms with Gasteiger partial charge in [0, 0.05) is 12.1 Å². The van der Waals surface area contributed by atoms with Crippen LogP contribution in [0.5, 0.6) is 0 Å². The minimum atomic E-state index is -0.904. The summed E-state index contributed by atoms with van der Waals surface area (Å²) in [6.45, 7) is 0.225. The van der Waals surface area contributed by atoms with Gasteiger partial charge < -0.3 is 15.6 Å². The molecule has 0 saturated heterocycles. The molecule has 0 aliphatic heterocycles. The third-order valence-electron chi connectivity index (χ3n) is 6.34. The number of aromatic nitrogens is 3. The molecule has 0 fully saturated rings. The van der Waals surface area contributed by atoms with Crippen LogP contribution in [0.4, 0.5) is 8.78 Å². The maximum Gasteiger partial charge on any atom is 0.263 e. The van der Waals surface area contributed by atoms with E-state index in [2.05, 4.69) is 43.8 Å². The largest absolute Gasteiger partial charge is 0.352 e. The number of fused-ring (bicyclic) bond motifs is 1. The molecule has 5 rings (SSSR count). The Labute approximate surface area is 227 Å². The number of imidazole rings is 1. The number of nitrogens with zero attached hydrogens (tertiary/aromatic N) is 2. The monoisotopic (exact) mass is 545 g/mol. The predicted molar refractivity (Wildman–Crippen MR) is 146 cm³/mol. The minimum Gasteiger partial charge on any atom is -0.352 e. The molecule has 0 radical (unpaired) electrons. The summed E-state index contributed by atoms with van der Waals surface area (Å²) >= 11 is 1.24. The van der Waals surface area contributed by atoms with Crippen LogP contribution in [0.25, 0.3) is 22.0 Å². The van der Waals surface area contributed by atoms with Gasteiger partial charge in [0.05, 0.1) is 29.6 Å². The van der Waals surface area contributed by atoms with Crippen molar-refractivity contribution in [1.29, 1.82) is 0 Å². The van der Waals surface area contributed by atoms with Gasteiger partial charge in [0.1, 0.15) is 27.9 Å². The molecular weight excluding hydrogens is 520 g/mol. The second-order valence-corrected chi connectivity index (χ2v) is 9.87. The fourth-order valence-corrected chi connectivity index (χ4v) is 4.85. The Bertz CT molecular complexity index is 1580. The number of aromatic amines is 1. The van der Waals surface area contributed by atoms with Gasteiger partial charge in [0.25, 0.3) is 11.8 Å². The lowest BCUT2D eigenvalue weighted by Crippen LogP contribution is -2.29. The van der Waals surface area contributed by atoms with Gasteiger partial charge in [0.15, 0.2) is 0 Å². The quantitative estimate of drug-likeness (QED) is 0.186. The number of unbranched alkanes of at least 4 members (excludes halogenated alkanes) is 1. The maximum atomic E-state index is 13.9. The third-order valence-corrected chi connectivity index (χ3v) is 7.11. The number of hydrogen-bond donors (Lipinski definition) is 3. The van der Waals surface area contributed by atoms with Crippen molar-refractivity contribution in [3.63, 3.8) is 0 Å². The zero-order valence-electron chi connectivity index (χ0n) is 20.8. The molecule has 0 unspecified atom stereocenters. The SMILES string of the molecule is O=C(N[C@@H](CCCCNC(=O)c1c(F)cccc1F)c1ncc(-c2ccc3ccccc3c2)[nH]1)c1cncs1. The molecule has 0 spiro atoms. The molecule has 0 aliphatic rings. The number of nitrogens with one attached hydrogen (secondary N) is 3. The van der Waals surface area contributed by atoms with Crippen LogP contribution >= 0.6 is 11.3 Å². The van der Waals surface area contributed by atoms with E-state index in [1.807, 2.05) is 24.3 Å². The van der Waals surface area contributed by atoms with E-state index in [4.69, 9.17) is 0 Å². The summed E-state index contributed by atoms with van der Waals surface area (Å²) in [5.74, 6) is -2.26. The van der Waals surface area contributed by atoms with E-state index in [-0.39, 0.29) is 12.5 Å². The van der Waals surface area contributed by atoms with Crippen molar-refractivity contribution in [3.05, 3.63) is 106 Å². The Morgan fingerprint density at radius 3 is 2.49 bits per heavy atom. The van der Waals surface area contributed by atoms with Crippen molar-refractivity contribution < 1.29 is 18.4 Å². The number of thiazole rings is 1. The molecule has 7 nitrogen and oxygen atoms in total. The molecule has 198 valence electrons. The number of carbonyl (C=O) groups is 2. The lowest BCUT2D eigenvalue weighted by molar-refractivity contribution is 0.0934. The van der Waals surface area contributed by atoms with Crippen LogP contribution in [0.15, 0.2) is 78.6 Å². The highest BCUT2D eigenvalue weighted by molar-refractivity contribution is 7.11. The van der Waals surface area contributed by atoms with Crippen molar-refractivity contribution >= 4 is 33.9 Å². The molecule has 10 heteroatoms. The molecule has 0 bridgehead atoms. The van der Waals surface area contributed by atoms with E-state index in [0.29, 0.717) is 30.0 Å². The maximum absolute atomic E-state index is 13.9. The predicted octanol–water partition coefficient (Wildman–Crippen LogP) is 6.04. The Morgan fingerprint density at radius 2 is 1.72 bits per heavy atom. The average molecular weight is 546 g/mol. The van der Waals surface area contributed by atoms with Crippen LogP contribution in [0, 0.1) is 11.6 Å². The second kappa shape index (κ2) is 12.0. The fourth-order valence-electron chi connectivity index (χ4n) is 4.33. The zero-order chi connectivity index (χ0) is 27.2. The number of halogens is 2.